The van der Waals surface area contributed by atoms with Gasteiger partial charge in [-0.1, -0.05) is 13.0 Å². The predicted molar refractivity (Wildman–Crippen MR) is 94.8 cm³/mol. The molecule has 22 heavy (non-hydrogen) atoms. The molecule has 0 heterocycles. The summed E-state index contributed by atoms with van der Waals surface area (Å²) >= 11 is 4.71. The zero-order chi connectivity index (χ0) is 16.4. The average Bonchev–Trinajstić information content (AvgIpc) is 2.47. The van der Waals surface area contributed by atoms with Gasteiger partial charge in [0, 0.05) is 5.56 Å². The van der Waals surface area contributed by atoms with E-state index in [1.165, 1.54) is 0 Å². The van der Waals surface area contributed by atoms with Gasteiger partial charge in [-0.3, -0.25) is 5.43 Å². The Morgan fingerprint density at radius 1 is 1.41 bits per heavy atom. The van der Waals surface area contributed by atoms with Gasteiger partial charge >= 0.3 is 0 Å². The van der Waals surface area contributed by atoms with Gasteiger partial charge in [0.25, 0.3) is 0 Å². The summed E-state index contributed by atoms with van der Waals surface area (Å²) in [6.45, 7) is 8.99. The van der Waals surface area contributed by atoms with Crippen molar-refractivity contribution < 1.29 is 9.47 Å². The van der Waals surface area contributed by atoms with E-state index in [1.807, 2.05) is 25.1 Å². The lowest BCUT2D eigenvalue weighted by Crippen LogP contribution is -2.24. The maximum Gasteiger partial charge on any atom is 0.184 e. The summed E-state index contributed by atoms with van der Waals surface area (Å²) in [5, 5.41) is 4.09. The van der Waals surface area contributed by atoms with Crippen molar-refractivity contribution in [1.82, 2.24) is 5.43 Å². The first-order valence-electron chi connectivity index (χ1n) is 7.24. The van der Waals surface area contributed by atoms with Crippen LogP contribution in [0.2, 0.25) is 0 Å². The van der Waals surface area contributed by atoms with Crippen LogP contribution >= 0.6 is 12.2 Å². The van der Waals surface area contributed by atoms with Crippen molar-refractivity contribution in [2.24, 2.45) is 10.8 Å². The zero-order valence-corrected chi connectivity index (χ0v) is 13.9. The van der Waals surface area contributed by atoms with Crippen LogP contribution in [0, 0.1) is 0 Å². The van der Waals surface area contributed by atoms with Crippen molar-refractivity contribution in [2.75, 3.05) is 13.2 Å². The molecule has 0 amide bonds. The Bertz CT molecular complexity index is 544. The molecule has 6 heteroatoms. The Morgan fingerprint density at radius 3 is 2.77 bits per heavy atom. The Hall–Kier alpha value is -2.08. The van der Waals surface area contributed by atoms with E-state index in [2.05, 4.69) is 24.0 Å². The largest absolute Gasteiger partial charge is 0.490 e. The second-order valence-electron chi connectivity index (χ2n) is 4.52. The van der Waals surface area contributed by atoms with Crippen molar-refractivity contribution >= 4 is 23.5 Å². The second kappa shape index (κ2) is 9.78. The van der Waals surface area contributed by atoms with Crippen molar-refractivity contribution in [3.05, 3.63) is 35.9 Å². The normalized spacial score (nSPS) is 10.5. The van der Waals surface area contributed by atoms with Crippen LogP contribution in [-0.4, -0.2) is 24.5 Å². The van der Waals surface area contributed by atoms with E-state index in [1.54, 1.807) is 6.21 Å². The quantitative estimate of drug-likeness (QED) is 0.317. The topological polar surface area (TPSA) is 68.9 Å². The summed E-state index contributed by atoms with van der Waals surface area (Å²) in [4.78, 5) is 0. The first kappa shape index (κ1) is 18.0. The molecule has 0 saturated carbocycles. The number of rotatable bonds is 9. The summed E-state index contributed by atoms with van der Waals surface area (Å²) in [6, 6.07) is 3.87. The van der Waals surface area contributed by atoms with Crippen molar-refractivity contribution in [3.63, 3.8) is 0 Å². The van der Waals surface area contributed by atoms with Crippen LogP contribution in [0.15, 0.2) is 29.9 Å². The Morgan fingerprint density at radius 2 is 2.18 bits per heavy atom. The highest BCUT2D eigenvalue weighted by Crippen LogP contribution is 2.33. The van der Waals surface area contributed by atoms with Crippen LogP contribution in [-0.2, 0) is 6.42 Å². The second-order valence-corrected chi connectivity index (χ2v) is 4.96. The molecular formula is C16H23N3O2S. The summed E-state index contributed by atoms with van der Waals surface area (Å²) in [5.74, 6) is 1.47. The molecule has 0 aliphatic carbocycles. The number of thiocarbonyl (C=S) groups is 1. The third-order valence-corrected chi connectivity index (χ3v) is 2.75. The molecule has 0 radical (unpaired) electrons. The lowest BCUT2D eigenvalue weighted by molar-refractivity contribution is 0.275. The Balaban J connectivity index is 3.16. The molecule has 0 aromatic heterocycles. The number of ether oxygens (including phenoxy) is 2. The smallest absolute Gasteiger partial charge is 0.184 e. The van der Waals surface area contributed by atoms with Gasteiger partial charge in [0.2, 0.25) is 0 Å². The van der Waals surface area contributed by atoms with E-state index in [9.17, 15) is 0 Å². The van der Waals surface area contributed by atoms with Crippen LogP contribution in [0.1, 0.15) is 31.4 Å². The minimum atomic E-state index is 0.121. The number of allylic oxidation sites excluding steroid dienone is 1. The molecule has 0 aliphatic rings. The number of benzene rings is 1. The van der Waals surface area contributed by atoms with Crippen LogP contribution in [0.25, 0.3) is 0 Å². The van der Waals surface area contributed by atoms with Crippen LogP contribution in [0.5, 0.6) is 11.5 Å². The molecule has 1 aromatic rings. The number of nitrogens with zero attached hydrogens (tertiary/aromatic N) is 1. The van der Waals surface area contributed by atoms with Crippen molar-refractivity contribution in [3.8, 4) is 11.5 Å². The zero-order valence-electron chi connectivity index (χ0n) is 13.1. The highest BCUT2D eigenvalue weighted by Gasteiger charge is 2.12. The van der Waals surface area contributed by atoms with Gasteiger partial charge in [-0.15, -0.1) is 6.58 Å². The molecule has 0 unspecified atom stereocenters. The van der Waals surface area contributed by atoms with Gasteiger partial charge in [0.05, 0.1) is 19.4 Å². The first-order chi connectivity index (χ1) is 10.6. The molecule has 1 aromatic carbocycles. The summed E-state index contributed by atoms with van der Waals surface area (Å²) < 4.78 is 11.5. The third-order valence-electron chi connectivity index (χ3n) is 2.66. The highest BCUT2D eigenvalue weighted by atomic mass is 32.1. The van der Waals surface area contributed by atoms with Crippen LogP contribution in [0.3, 0.4) is 0 Å². The predicted octanol–water partition coefficient (Wildman–Crippen LogP) is 2.77. The molecule has 0 atom stereocenters. The van der Waals surface area contributed by atoms with E-state index in [-0.39, 0.29) is 5.11 Å². The fourth-order valence-corrected chi connectivity index (χ4v) is 1.92. The van der Waals surface area contributed by atoms with E-state index < -0.39 is 0 Å². The van der Waals surface area contributed by atoms with E-state index >= 15 is 0 Å². The number of nitrogens with two attached hydrogens (primary N) is 1. The average molecular weight is 321 g/mol. The minimum absolute atomic E-state index is 0.121. The summed E-state index contributed by atoms with van der Waals surface area (Å²) in [7, 11) is 0. The van der Waals surface area contributed by atoms with Gasteiger partial charge in [-0.2, -0.15) is 5.10 Å². The molecule has 3 N–H and O–H groups in total. The lowest BCUT2D eigenvalue weighted by Gasteiger charge is -2.16. The number of hydrazone groups is 1. The number of hydrogen-bond donors (Lipinski definition) is 2. The third kappa shape index (κ3) is 5.73. The van der Waals surface area contributed by atoms with E-state index in [0.717, 1.165) is 23.3 Å². The maximum atomic E-state index is 5.85. The maximum absolute atomic E-state index is 5.85. The first-order valence-corrected chi connectivity index (χ1v) is 7.65. The van der Waals surface area contributed by atoms with Gasteiger partial charge in [0.1, 0.15) is 0 Å². The number of hydrogen-bond acceptors (Lipinski definition) is 4. The van der Waals surface area contributed by atoms with Crippen LogP contribution < -0.4 is 20.6 Å². The summed E-state index contributed by atoms with van der Waals surface area (Å²) in [5.41, 5.74) is 9.75. The van der Waals surface area contributed by atoms with Gasteiger partial charge in [-0.05, 0) is 49.7 Å². The molecule has 0 spiro atoms. The van der Waals surface area contributed by atoms with Gasteiger partial charge in [-0.25, -0.2) is 0 Å². The molecule has 0 aliphatic heterocycles. The van der Waals surface area contributed by atoms with E-state index in [4.69, 9.17) is 27.4 Å². The molecule has 1 rings (SSSR count). The lowest BCUT2D eigenvalue weighted by atomic mass is 10.1. The minimum Gasteiger partial charge on any atom is -0.490 e. The van der Waals surface area contributed by atoms with Crippen LogP contribution in [0.4, 0.5) is 0 Å². The van der Waals surface area contributed by atoms with Crippen molar-refractivity contribution in [1.29, 1.82) is 0 Å². The Labute approximate surface area is 137 Å². The molecule has 5 nitrogen and oxygen atoms in total. The van der Waals surface area contributed by atoms with Crippen molar-refractivity contribution in [2.45, 2.75) is 26.7 Å². The molecule has 0 bridgehead atoms. The van der Waals surface area contributed by atoms with Gasteiger partial charge < -0.3 is 15.2 Å². The molecule has 120 valence electrons. The fourth-order valence-electron chi connectivity index (χ4n) is 1.87. The summed E-state index contributed by atoms with van der Waals surface area (Å²) in [6.07, 6.45) is 5.08. The monoisotopic (exact) mass is 321 g/mol. The standard InChI is InChI=1S/C16H23N3O2S/c1-4-7-13-9-12(11-18-19-16(17)22)10-14(20-6-3)15(13)21-8-5-2/h4,9-11H,1,5-8H2,2-3H3,(H3,17,19,22). The molecule has 0 saturated heterocycles. The van der Waals surface area contributed by atoms with E-state index in [0.29, 0.717) is 25.4 Å². The van der Waals surface area contributed by atoms with Gasteiger partial charge in [0.15, 0.2) is 16.6 Å². The highest BCUT2D eigenvalue weighted by molar-refractivity contribution is 7.80. The molecular weight excluding hydrogens is 298 g/mol. The number of nitrogens with one attached hydrogen (secondary N) is 1. The molecule has 0 fully saturated rings. The fraction of sp³-hybridized carbons (Fsp3) is 0.375. The Kier molecular flexibility index (Phi) is 7.99. The SMILES string of the molecule is C=CCc1cc(C=NNC(N)=S)cc(OCC)c1OCCC.